The van der Waals surface area contributed by atoms with Crippen LogP contribution in [0.5, 0.6) is 0 Å². The number of halogens is 2. The molecule has 0 aromatic carbocycles. The van der Waals surface area contributed by atoms with E-state index < -0.39 is 0 Å². The van der Waals surface area contributed by atoms with Crippen molar-refractivity contribution in [3.8, 4) is 11.5 Å². The third-order valence-corrected chi connectivity index (χ3v) is 6.61. The SMILES string of the molecule is Cl.Cl.O=C(CCC[C@@H]1NC[C@@H]2CNC[C@H]1C2)N1CCc2oc(-c3cccnc3)nc2C1. The van der Waals surface area contributed by atoms with Crippen molar-refractivity contribution in [2.45, 2.75) is 44.7 Å². The summed E-state index contributed by atoms with van der Waals surface area (Å²) in [6.07, 6.45) is 8.19. The first-order valence-electron chi connectivity index (χ1n) is 10.9. The van der Waals surface area contributed by atoms with Crippen molar-refractivity contribution in [2.24, 2.45) is 11.8 Å². The minimum atomic E-state index is 0. The zero-order valence-electron chi connectivity index (χ0n) is 17.6. The summed E-state index contributed by atoms with van der Waals surface area (Å²) in [5.41, 5.74) is 1.76. The van der Waals surface area contributed by atoms with Gasteiger partial charge in [0.05, 0.1) is 12.1 Å². The Labute approximate surface area is 195 Å². The number of amides is 1. The van der Waals surface area contributed by atoms with Gasteiger partial charge in [0.15, 0.2) is 0 Å². The van der Waals surface area contributed by atoms with Crippen LogP contribution in [0.2, 0.25) is 0 Å². The Morgan fingerprint density at radius 1 is 1.26 bits per heavy atom. The van der Waals surface area contributed by atoms with E-state index in [-0.39, 0.29) is 30.7 Å². The molecule has 2 aromatic heterocycles. The highest BCUT2D eigenvalue weighted by Crippen LogP contribution is 2.28. The molecule has 2 saturated heterocycles. The smallest absolute Gasteiger partial charge is 0.228 e. The Hall–Kier alpha value is -1.67. The van der Waals surface area contributed by atoms with E-state index in [2.05, 4.69) is 20.6 Å². The molecule has 2 bridgehead atoms. The molecule has 0 aliphatic carbocycles. The molecule has 3 aliphatic heterocycles. The molecule has 0 saturated carbocycles. The maximum atomic E-state index is 12.8. The van der Waals surface area contributed by atoms with Crippen LogP contribution in [-0.4, -0.2) is 53.0 Å². The molecular formula is C22H31Cl2N5O2. The van der Waals surface area contributed by atoms with Gasteiger partial charge in [0.2, 0.25) is 11.8 Å². The van der Waals surface area contributed by atoms with Gasteiger partial charge >= 0.3 is 0 Å². The molecule has 0 radical (unpaired) electrons. The fourth-order valence-corrected chi connectivity index (χ4v) is 5.01. The molecular weight excluding hydrogens is 437 g/mol. The zero-order valence-corrected chi connectivity index (χ0v) is 19.2. The lowest BCUT2D eigenvalue weighted by Gasteiger charge is -2.41. The number of piperidine rings is 2. The zero-order chi connectivity index (χ0) is 19.6. The quantitative estimate of drug-likeness (QED) is 0.703. The fourth-order valence-electron chi connectivity index (χ4n) is 5.01. The molecule has 0 unspecified atom stereocenters. The summed E-state index contributed by atoms with van der Waals surface area (Å²) in [4.78, 5) is 23.5. The van der Waals surface area contributed by atoms with Gasteiger partial charge < -0.3 is 20.0 Å². The molecule has 2 N–H and O–H groups in total. The lowest BCUT2D eigenvalue weighted by atomic mass is 9.80. The molecule has 3 atom stereocenters. The molecule has 5 heterocycles. The predicted octanol–water partition coefficient (Wildman–Crippen LogP) is 2.83. The summed E-state index contributed by atoms with van der Waals surface area (Å²) < 4.78 is 5.92. The minimum Gasteiger partial charge on any atom is -0.441 e. The summed E-state index contributed by atoms with van der Waals surface area (Å²) in [6.45, 7) is 4.64. The molecule has 2 aromatic rings. The van der Waals surface area contributed by atoms with Crippen molar-refractivity contribution in [3.05, 3.63) is 36.0 Å². The van der Waals surface area contributed by atoms with Gasteiger partial charge in [0.25, 0.3) is 0 Å². The lowest BCUT2D eigenvalue weighted by molar-refractivity contribution is -0.132. The third-order valence-electron chi connectivity index (χ3n) is 6.61. The molecule has 170 valence electrons. The van der Waals surface area contributed by atoms with Gasteiger partial charge in [0, 0.05) is 37.8 Å². The van der Waals surface area contributed by atoms with Crippen LogP contribution in [0.25, 0.3) is 11.5 Å². The molecule has 31 heavy (non-hydrogen) atoms. The van der Waals surface area contributed by atoms with E-state index in [1.54, 1.807) is 12.4 Å². The van der Waals surface area contributed by atoms with Crippen LogP contribution in [0, 0.1) is 11.8 Å². The highest BCUT2D eigenvalue weighted by atomic mass is 35.5. The summed E-state index contributed by atoms with van der Waals surface area (Å²) in [6, 6.07) is 4.37. The number of rotatable bonds is 5. The number of carbonyl (C=O) groups excluding carboxylic acids is 1. The van der Waals surface area contributed by atoms with E-state index in [0.29, 0.717) is 31.4 Å². The van der Waals surface area contributed by atoms with E-state index in [4.69, 9.17) is 4.42 Å². The largest absolute Gasteiger partial charge is 0.441 e. The first-order chi connectivity index (χ1) is 14.3. The van der Waals surface area contributed by atoms with E-state index in [1.165, 1.54) is 6.42 Å². The maximum absolute atomic E-state index is 12.8. The van der Waals surface area contributed by atoms with E-state index >= 15 is 0 Å². The number of carbonyl (C=O) groups is 1. The molecule has 3 aliphatic rings. The molecule has 2 fully saturated rings. The van der Waals surface area contributed by atoms with Crippen LogP contribution < -0.4 is 10.6 Å². The van der Waals surface area contributed by atoms with Crippen LogP contribution in [0.1, 0.15) is 37.1 Å². The Balaban J connectivity index is 0.00000136. The van der Waals surface area contributed by atoms with Gasteiger partial charge in [-0.2, -0.15) is 0 Å². The number of oxazole rings is 1. The number of aromatic nitrogens is 2. The topological polar surface area (TPSA) is 83.3 Å². The number of nitrogens with one attached hydrogen (secondary N) is 2. The average Bonchev–Trinajstić information content (AvgIpc) is 3.19. The Bertz CT molecular complexity index is 863. The Kier molecular flexibility index (Phi) is 8.33. The van der Waals surface area contributed by atoms with Gasteiger partial charge in [-0.05, 0) is 62.9 Å². The van der Waals surface area contributed by atoms with Crippen LogP contribution in [0.15, 0.2) is 28.9 Å². The number of hydrogen-bond donors (Lipinski definition) is 2. The Morgan fingerprint density at radius 2 is 2.16 bits per heavy atom. The van der Waals surface area contributed by atoms with Crippen molar-refractivity contribution >= 4 is 30.7 Å². The second-order valence-corrected chi connectivity index (χ2v) is 8.62. The molecule has 9 heteroatoms. The van der Waals surface area contributed by atoms with Crippen molar-refractivity contribution in [1.29, 1.82) is 0 Å². The monoisotopic (exact) mass is 467 g/mol. The minimum absolute atomic E-state index is 0. The summed E-state index contributed by atoms with van der Waals surface area (Å²) in [7, 11) is 0. The lowest BCUT2D eigenvalue weighted by Crippen LogP contribution is -2.54. The maximum Gasteiger partial charge on any atom is 0.228 e. The highest BCUT2D eigenvalue weighted by molar-refractivity contribution is 5.85. The van der Waals surface area contributed by atoms with Gasteiger partial charge in [-0.25, -0.2) is 4.98 Å². The summed E-state index contributed by atoms with van der Waals surface area (Å²) in [5, 5.41) is 7.27. The second-order valence-electron chi connectivity index (χ2n) is 8.62. The van der Waals surface area contributed by atoms with Crippen molar-refractivity contribution in [2.75, 3.05) is 26.2 Å². The number of nitrogens with zero attached hydrogens (tertiary/aromatic N) is 3. The standard InChI is InChI=1S/C22H29N5O2.2ClH/c28-21(5-1-4-18-17-9-15(11-25-18)10-24-13-17)27-8-6-20-19(14-27)26-22(29-20)16-3-2-7-23-12-16;;/h2-3,7,12,15,17-18,24-25H,1,4-6,8-11,13-14H2;2*1H/t15-,17+,18-;;/m0../s1. The van der Waals surface area contributed by atoms with Crippen LogP contribution in [0.4, 0.5) is 0 Å². The summed E-state index contributed by atoms with van der Waals surface area (Å²) in [5.74, 6) is 3.24. The van der Waals surface area contributed by atoms with Crippen LogP contribution >= 0.6 is 24.8 Å². The van der Waals surface area contributed by atoms with Gasteiger partial charge in [-0.1, -0.05) is 0 Å². The van der Waals surface area contributed by atoms with E-state index in [1.807, 2.05) is 17.0 Å². The molecule has 0 spiro atoms. The molecule has 5 rings (SSSR count). The van der Waals surface area contributed by atoms with E-state index in [0.717, 1.165) is 67.8 Å². The predicted molar refractivity (Wildman–Crippen MR) is 123 cm³/mol. The average molecular weight is 468 g/mol. The summed E-state index contributed by atoms with van der Waals surface area (Å²) >= 11 is 0. The number of hydrogen-bond acceptors (Lipinski definition) is 6. The van der Waals surface area contributed by atoms with Gasteiger partial charge in [-0.3, -0.25) is 9.78 Å². The third kappa shape index (κ3) is 5.40. The highest BCUT2D eigenvalue weighted by Gasteiger charge is 2.33. The normalized spacial score (nSPS) is 24.5. The molecule has 7 nitrogen and oxygen atoms in total. The number of pyridine rings is 1. The van der Waals surface area contributed by atoms with E-state index in [9.17, 15) is 4.79 Å². The first-order valence-corrected chi connectivity index (χ1v) is 10.9. The van der Waals surface area contributed by atoms with Crippen molar-refractivity contribution < 1.29 is 9.21 Å². The van der Waals surface area contributed by atoms with Crippen molar-refractivity contribution in [1.82, 2.24) is 25.5 Å². The first kappa shape index (κ1) is 24.0. The van der Waals surface area contributed by atoms with Gasteiger partial charge in [0.1, 0.15) is 11.5 Å². The van der Waals surface area contributed by atoms with Crippen LogP contribution in [-0.2, 0) is 17.8 Å². The fraction of sp³-hybridized carbons (Fsp3) is 0.591. The second kappa shape index (κ2) is 10.8. The van der Waals surface area contributed by atoms with Crippen molar-refractivity contribution in [3.63, 3.8) is 0 Å². The number of fused-ring (bicyclic) bond motifs is 3. The van der Waals surface area contributed by atoms with Gasteiger partial charge in [-0.15, -0.1) is 24.8 Å². The Morgan fingerprint density at radius 3 is 3.00 bits per heavy atom. The molecule has 1 amide bonds. The van der Waals surface area contributed by atoms with Crippen LogP contribution in [0.3, 0.4) is 0 Å².